The third-order valence-electron chi connectivity index (χ3n) is 1.27. The minimum Gasteiger partial charge on any atom is -0.396 e. The molecule has 1 nitrogen and oxygen atoms in total. The maximum absolute atomic E-state index is 12.8. The van der Waals surface area contributed by atoms with Gasteiger partial charge in [-0.2, -0.15) is 0 Å². The fourth-order valence-electron chi connectivity index (χ4n) is 0.762. The lowest BCUT2D eigenvalue weighted by Crippen LogP contribution is -1.93. The summed E-state index contributed by atoms with van der Waals surface area (Å²) in [6.07, 6.45) is 0.0483. The van der Waals surface area contributed by atoms with Crippen LogP contribution in [-0.4, -0.2) is 11.7 Å². The molecule has 1 aromatic carbocycles. The molecule has 0 aromatic heterocycles. The van der Waals surface area contributed by atoms with Crippen LogP contribution in [0.2, 0.25) is 0 Å². The Labute approximate surface area is 60.5 Å². The van der Waals surface area contributed by atoms with E-state index >= 15 is 0 Å². The van der Waals surface area contributed by atoms with Crippen molar-refractivity contribution < 1.29 is 10.9 Å². The standard InChI is InChI=1S/C8H9FO/c9-8-4-2-1-3-7(8)5-6-10/h1-4,10H,5-6H2/i6D/t6-/m0/s1. The summed E-state index contributed by atoms with van der Waals surface area (Å²) in [5, 5.41) is 8.63. The molecule has 0 unspecified atom stereocenters. The van der Waals surface area contributed by atoms with Gasteiger partial charge in [0.25, 0.3) is 0 Å². The molecule has 0 fully saturated rings. The highest BCUT2D eigenvalue weighted by Gasteiger charge is 1.96. The van der Waals surface area contributed by atoms with Crippen molar-refractivity contribution in [3.8, 4) is 0 Å². The van der Waals surface area contributed by atoms with E-state index in [1.807, 2.05) is 0 Å². The zero-order valence-electron chi connectivity index (χ0n) is 6.42. The highest BCUT2D eigenvalue weighted by Crippen LogP contribution is 2.05. The average Bonchev–Trinajstić information content (AvgIpc) is 1.93. The molecule has 0 amide bonds. The molecular weight excluding hydrogens is 131 g/mol. The maximum atomic E-state index is 12.8. The fourth-order valence-corrected chi connectivity index (χ4v) is 0.762. The van der Waals surface area contributed by atoms with Crippen molar-refractivity contribution in [2.75, 3.05) is 6.58 Å². The molecule has 0 aliphatic heterocycles. The first-order valence-electron chi connectivity index (χ1n) is 3.61. The van der Waals surface area contributed by atoms with E-state index in [4.69, 9.17) is 6.48 Å². The molecule has 54 valence electrons. The largest absolute Gasteiger partial charge is 0.396 e. The first-order chi connectivity index (χ1) is 5.20. The van der Waals surface area contributed by atoms with Crippen LogP contribution in [0.4, 0.5) is 4.39 Å². The molecule has 0 saturated carbocycles. The van der Waals surface area contributed by atoms with Gasteiger partial charge in [0.2, 0.25) is 0 Å². The number of aliphatic hydroxyl groups is 1. The highest BCUT2D eigenvalue weighted by atomic mass is 19.1. The van der Waals surface area contributed by atoms with E-state index in [1.54, 1.807) is 18.2 Å². The van der Waals surface area contributed by atoms with Crippen LogP contribution in [0.1, 0.15) is 6.93 Å². The summed E-state index contributed by atoms with van der Waals surface area (Å²) in [6.45, 7) is -1.23. The lowest BCUT2D eigenvalue weighted by Gasteiger charge is -1.97. The second-order valence-corrected chi connectivity index (χ2v) is 1.98. The maximum Gasteiger partial charge on any atom is 0.126 e. The second kappa shape index (κ2) is 3.32. The molecule has 1 N–H and O–H groups in total. The van der Waals surface area contributed by atoms with Crippen molar-refractivity contribution >= 4 is 0 Å². The van der Waals surface area contributed by atoms with Crippen molar-refractivity contribution in [2.45, 2.75) is 6.42 Å². The minimum absolute atomic E-state index is 0.0483. The zero-order chi connectivity index (χ0) is 8.27. The summed E-state index contributed by atoms with van der Waals surface area (Å²) >= 11 is 0. The molecule has 1 aromatic rings. The summed E-state index contributed by atoms with van der Waals surface area (Å²) in [7, 11) is 0. The van der Waals surface area contributed by atoms with Gasteiger partial charge in [-0.3, -0.25) is 0 Å². The topological polar surface area (TPSA) is 20.2 Å². The van der Waals surface area contributed by atoms with Crippen LogP contribution >= 0.6 is 0 Å². The predicted octanol–water partition coefficient (Wildman–Crippen LogP) is 1.36. The Kier molecular flexibility index (Phi) is 1.95. The average molecular weight is 141 g/mol. The third kappa shape index (κ3) is 1.54. The van der Waals surface area contributed by atoms with Crippen molar-refractivity contribution in [3.05, 3.63) is 35.6 Å². The first kappa shape index (κ1) is 5.86. The van der Waals surface area contributed by atoms with Gasteiger partial charge in [0, 0.05) is 6.58 Å². The third-order valence-corrected chi connectivity index (χ3v) is 1.27. The van der Waals surface area contributed by atoms with E-state index in [-0.39, 0.29) is 12.2 Å². The molecule has 0 aliphatic rings. The van der Waals surface area contributed by atoms with Crippen LogP contribution in [0.25, 0.3) is 0 Å². The predicted molar refractivity (Wildman–Crippen MR) is 37.2 cm³/mol. The van der Waals surface area contributed by atoms with Gasteiger partial charge in [0.05, 0.1) is 1.37 Å². The van der Waals surface area contributed by atoms with Gasteiger partial charge in [-0.15, -0.1) is 0 Å². The van der Waals surface area contributed by atoms with Crippen LogP contribution in [0, 0.1) is 5.82 Å². The minimum atomic E-state index is -1.23. The van der Waals surface area contributed by atoms with Crippen molar-refractivity contribution in [1.29, 1.82) is 0 Å². The van der Waals surface area contributed by atoms with Crippen molar-refractivity contribution in [2.24, 2.45) is 0 Å². The summed E-state index contributed by atoms with van der Waals surface area (Å²) in [6, 6.07) is 6.14. The number of benzene rings is 1. The van der Waals surface area contributed by atoms with Gasteiger partial charge in [-0.1, -0.05) is 18.2 Å². The SMILES string of the molecule is [2H][C@H](O)Cc1ccccc1F. The second-order valence-electron chi connectivity index (χ2n) is 1.98. The van der Waals surface area contributed by atoms with Gasteiger partial charge in [-0.25, -0.2) is 4.39 Å². The Morgan fingerprint density at radius 2 is 2.20 bits per heavy atom. The van der Waals surface area contributed by atoms with Gasteiger partial charge in [0.15, 0.2) is 0 Å². The number of hydrogen-bond acceptors (Lipinski definition) is 1. The summed E-state index contributed by atoms with van der Waals surface area (Å²) in [5.74, 6) is -0.362. The van der Waals surface area contributed by atoms with Gasteiger partial charge < -0.3 is 5.11 Å². The fraction of sp³-hybridized carbons (Fsp3) is 0.250. The molecule has 10 heavy (non-hydrogen) atoms. The van der Waals surface area contributed by atoms with Crippen molar-refractivity contribution in [1.82, 2.24) is 0 Å². The number of aliphatic hydroxyl groups excluding tert-OH is 1. The Morgan fingerprint density at radius 3 is 2.80 bits per heavy atom. The zero-order valence-corrected chi connectivity index (χ0v) is 5.42. The Bertz CT molecular complexity index is 237. The molecule has 0 radical (unpaired) electrons. The van der Waals surface area contributed by atoms with E-state index in [1.165, 1.54) is 6.07 Å². The van der Waals surface area contributed by atoms with Crippen LogP contribution in [0.5, 0.6) is 0 Å². The lowest BCUT2D eigenvalue weighted by molar-refractivity contribution is 0.297. The van der Waals surface area contributed by atoms with E-state index in [2.05, 4.69) is 0 Å². The number of hydrogen-bond donors (Lipinski definition) is 1. The van der Waals surface area contributed by atoms with Crippen LogP contribution in [0.3, 0.4) is 0 Å². The number of rotatable bonds is 2. The Balaban J connectivity index is 2.78. The van der Waals surface area contributed by atoms with Gasteiger partial charge in [-0.05, 0) is 18.1 Å². The van der Waals surface area contributed by atoms with Gasteiger partial charge in [0.1, 0.15) is 5.82 Å². The molecule has 1 atom stereocenters. The number of aryl methyl sites for hydroxylation is 1. The van der Waals surface area contributed by atoms with Crippen LogP contribution < -0.4 is 0 Å². The lowest BCUT2D eigenvalue weighted by atomic mass is 10.1. The molecule has 1 rings (SSSR count). The van der Waals surface area contributed by atoms with Crippen LogP contribution in [-0.2, 0) is 6.42 Å². The summed E-state index contributed by atoms with van der Waals surface area (Å²) < 4.78 is 19.6. The Hall–Kier alpha value is -0.890. The van der Waals surface area contributed by atoms with E-state index in [0.29, 0.717) is 5.56 Å². The molecule has 0 saturated heterocycles. The van der Waals surface area contributed by atoms with Gasteiger partial charge >= 0.3 is 0 Å². The van der Waals surface area contributed by atoms with E-state index in [9.17, 15) is 4.39 Å². The molecule has 0 heterocycles. The summed E-state index contributed by atoms with van der Waals surface area (Å²) in [4.78, 5) is 0. The van der Waals surface area contributed by atoms with Crippen molar-refractivity contribution in [3.63, 3.8) is 0 Å². The molecule has 0 aliphatic carbocycles. The summed E-state index contributed by atoms with van der Waals surface area (Å²) in [5.41, 5.74) is 0.384. The Morgan fingerprint density at radius 1 is 1.50 bits per heavy atom. The molecule has 2 heteroatoms. The molecular formula is C8H9FO. The van der Waals surface area contributed by atoms with E-state index < -0.39 is 6.58 Å². The monoisotopic (exact) mass is 141 g/mol. The van der Waals surface area contributed by atoms with Crippen LogP contribution in [0.15, 0.2) is 24.3 Å². The first-order valence-corrected chi connectivity index (χ1v) is 3.04. The normalized spacial score (nSPS) is 14.4. The molecule has 0 bridgehead atoms. The van der Waals surface area contributed by atoms with E-state index in [0.717, 1.165) is 0 Å². The molecule has 0 spiro atoms. The highest BCUT2D eigenvalue weighted by molar-refractivity contribution is 5.17. The number of halogens is 1. The quantitative estimate of drug-likeness (QED) is 0.659. The smallest absolute Gasteiger partial charge is 0.126 e.